The van der Waals surface area contributed by atoms with Gasteiger partial charge in [0.25, 0.3) is 11.8 Å². The number of carbonyl (C=O) groups excluding carboxylic acids is 2. The molecule has 3 heterocycles. The van der Waals surface area contributed by atoms with E-state index in [1.54, 1.807) is 25.4 Å². The SMILES string of the molecule is COCC(NC(=O)c1cc(-c2cc(C(=O)NC(C)C)c3nc(N)nn3c2)cs1)c1ccccc1. The van der Waals surface area contributed by atoms with E-state index in [-0.39, 0.29) is 29.8 Å². The summed E-state index contributed by atoms with van der Waals surface area (Å²) in [5.41, 5.74) is 8.98. The second-order valence-electron chi connectivity index (χ2n) is 8.10. The van der Waals surface area contributed by atoms with Gasteiger partial charge in [-0.25, -0.2) is 4.52 Å². The van der Waals surface area contributed by atoms with Gasteiger partial charge in [0, 0.05) is 24.9 Å². The van der Waals surface area contributed by atoms with E-state index in [2.05, 4.69) is 20.7 Å². The number of fused-ring (bicyclic) bond motifs is 1. The summed E-state index contributed by atoms with van der Waals surface area (Å²) in [6.07, 6.45) is 1.74. The van der Waals surface area contributed by atoms with Gasteiger partial charge >= 0.3 is 0 Å². The summed E-state index contributed by atoms with van der Waals surface area (Å²) in [7, 11) is 1.60. The normalized spacial score (nSPS) is 12.1. The average molecular weight is 479 g/mol. The van der Waals surface area contributed by atoms with Crippen LogP contribution in [0.2, 0.25) is 0 Å². The number of anilines is 1. The van der Waals surface area contributed by atoms with Crippen molar-refractivity contribution in [3.63, 3.8) is 0 Å². The quantitative estimate of drug-likeness (QED) is 0.357. The minimum Gasteiger partial charge on any atom is -0.382 e. The predicted molar refractivity (Wildman–Crippen MR) is 132 cm³/mol. The van der Waals surface area contributed by atoms with E-state index >= 15 is 0 Å². The number of carbonyl (C=O) groups is 2. The molecule has 2 amide bonds. The first-order chi connectivity index (χ1) is 16.4. The van der Waals surface area contributed by atoms with Crippen LogP contribution >= 0.6 is 11.3 Å². The molecule has 176 valence electrons. The third-order valence-corrected chi connectivity index (χ3v) is 6.04. The van der Waals surface area contributed by atoms with E-state index in [9.17, 15) is 9.59 Å². The number of thiophene rings is 1. The van der Waals surface area contributed by atoms with Crippen molar-refractivity contribution in [1.82, 2.24) is 25.2 Å². The van der Waals surface area contributed by atoms with E-state index in [0.29, 0.717) is 22.7 Å². The Morgan fingerprint density at radius 3 is 2.59 bits per heavy atom. The Labute approximate surface area is 201 Å². The van der Waals surface area contributed by atoms with Gasteiger partial charge in [0.1, 0.15) is 0 Å². The number of hydrogen-bond donors (Lipinski definition) is 3. The maximum absolute atomic E-state index is 13.0. The number of rotatable bonds is 8. The summed E-state index contributed by atoms with van der Waals surface area (Å²) in [6, 6.07) is 12.9. The number of pyridine rings is 1. The zero-order valence-corrected chi connectivity index (χ0v) is 19.9. The second kappa shape index (κ2) is 10.0. The van der Waals surface area contributed by atoms with Crippen LogP contribution in [0.4, 0.5) is 5.95 Å². The molecule has 0 bridgehead atoms. The molecule has 4 N–H and O–H groups in total. The van der Waals surface area contributed by atoms with Crippen molar-refractivity contribution >= 4 is 34.7 Å². The Kier molecular flexibility index (Phi) is 6.90. The summed E-state index contributed by atoms with van der Waals surface area (Å²) in [4.78, 5) is 30.5. The van der Waals surface area contributed by atoms with Gasteiger partial charge in [0.2, 0.25) is 5.95 Å². The molecule has 3 aromatic heterocycles. The van der Waals surface area contributed by atoms with Crippen LogP contribution in [-0.2, 0) is 4.74 Å². The van der Waals surface area contributed by atoms with Crippen LogP contribution in [0, 0.1) is 0 Å². The summed E-state index contributed by atoms with van der Waals surface area (Å²) in [6.45, 7) is 4.12. The van der Waals surface area contributed by atoms with Crippen LogP contribution in [0.15, 0.2) is 54.0 Å². The van der Waals surface area contributed by atoms with Gasteiger partial charge in [-0.2, -0.15) is 4.98 Å². The van der Waals surface area contributed by atoms with E-state index in [1.807, 2.05) is 49.6 Å². The molecule has 1 atom stereocenters. The van der Waals surface area contributed by atoms with Crippen LogP contribution in [0.3, 0.4) is 0 Å². The fourth-order valence-corrected chi connectivity index (χ4v) is 4.40. The molecule has 0 fully saturated rings. The maximum Gasteiger partial charge on any atom is 0.261 e. The Morgan fingerprint density at radius 2 is 1.88 bits per heavy atom. The average Bonchev–Trinajstić information content (AvgIpc) is 3.44. The van der Waals surface area contributed by atoms with Gasteiger partial charge in [-0.15, -0.1) is 16.4 Å². The first-order valence-electron chi connectivity index (χ1n) is 10.8. The van der Waals surface area contributed by atoms with Gasteiger partial charge in [-0.05, 0) is 42.5 Å². The minimum absolute atomic E-state index is 0.0439. The Hall–Kier alpha value is -3.76. The first-order valence-corrected chi connectivity index (χ1v) is 11.6. The van der Waals surface area contributed by atoms with Gasteiger partial charge in [0.15, 0.2) is 5.65 Å². The molecule has 9 nitrogen and oxygen atoms in total. The molecule has 4 aromatic rings. The summed E-state index contributed by atoms with van der Waals surface area (Å²) in [5, 5.41) is 12.0. The molecule has 1 unspecified atom stereocenters. The van der Waals surface area contributed by atoms with E-state index < -0.39 is 0 Å². The van der Waals surface area contributed by atoms with Crippen molar-refractivity contribution in [2.45, 2.75) is 25.9 Å². The molecule has 0 spiro atoms. The smallest absolute Gasteiger partial charge is 0.261 e. The molecular weight excluding hydrogens is 452 g/mol. The van der Waals surface area contributed by atoms with Crippen LogP contribution < -0.4 is 16.4 Å². The summed E-state index contributed by atoms with van der Waals surface area (Å²) in [5.74, 6) is -0.398. The molecule has 4 rings (SSSR count). The van der Waals surface area contributed by atoms with Gasteiger partial charge in [-0.1, -0.05) is 30.3 Å². The fourth-order valence-electron chi connectivity index (χ4n) is 3.58. The van der Waals surface area contributed by atoms with E-state index in [4.69, 9.17) is 10.5 Å². The van der Waals surface area contributed by atoms with E-state index in [0.717, 1.165) is 16.7 Å². The fraction of sp³-hybridized carbons (Fsp3) is 0.250. The molecule has 10 heteroatoms. The largest absolute Gasteiger partial charge is 0.382 e. The topological polar surface area (TPSA) is 124 Å². The van der Waals surface area contributed by atoms with Crippen molar-refractivity contribution in [3.8, 4) is 11.1 Å². The molecule has 0 aliphatic carbocycles. The van der Waals surface area contributed by atoms with Gasteiger partial charge in [-0.3, -0.25) is 9.59 Å². The molecular formula is C24H26N6O3S. The number of ether oxygens (including phenoxy) is 1. The van der Waals surface area contributed by atoms with Crippen molar-refractivity contribution in [2.24, 2.45) is 0 Å². The van der Waals surface area contributed by atoms with Crippen LogP contribution in [0.25, 0.3) is 16.8 Å². The highest BCUT2D eigenvalue weighted by Gasteiger charge is 2.20. The predicted octanol–water partition coefficient (Wildman–Crippen LogP) is 3.30. The monoisotopic (exact) mass is 478 g/mol. The first kappa shape index (κ1) is 23.4. The van der Waals surface area contributed by atoms with Gasteiger partial charge < -0.3 is 21.1 Å². The summed E-state index contributed by atoms with van der Waals surface area (Å²) >= 11 is 1.32. The number of nitrogens with zero attached hydrogens (tertiary/aromatic N) is 3. The van der Waals surface area contributed by atoms with Crippen LogP contribution in [0.5, 0.6) is 0 Å². The number of hydrogen-bond acceptors (Lipinski definition) is 7. The number of amides is 2. The summed E-state index contributed by atoms with van der Waals surface area (Å²) < 4.78 is 6.79. The van der Waals surface area contributed by atoms with Crippen molar-refractivity contribution in [3.05, 3.63) is 70.0 Å². The number of nitrogens with two attached hydrogens (primary N) is 1. The molecule has 0 saturated heterocycles. The molecule has 0 aliphatic heterocycles. The van der Waals surface area contributed by atoms with Crippen molar-refractivity contribution in [2.75, 3.05) is 19.5 Å². The minimum atomic E-state index is -0.273. The highest BCUT2D eigenvalue weighted by molar-refractivity contribution is 7.12. The Bertz CT molecular complexity index is 1320. The second-order valence-corrected chi connectivity index (χ2v) is 9.01. The number of methoxy groups -OCH3 is 1. The molecule has 34 heavy (non-hydrogen) atoms. The lowest BCUT2D eigenvalue weighted by Gasteiger charge is -2.17. The molecule has 0 aliphatic rings. The van der Waals surface area contributed by atoms with Crippen molar-refractivity contribution in [1.29, 1.82) is 0 Å². The lowest BCUT2D eigenvalue weighted by molar-refractivity contribution is 0.0899. The number of aromatic nitrogens is 3. The Balaban J connectivity index is 1.63. The molecule has 0 saturated carbocycles. The molecule has 0 radical (unpaired) electrons. The zero-order valence-electron chi connectivity index (χ0n) is 19.1. The third-order valence-electron chi connectivity index (χ3n) is 5.11. The highest BCUT2D eigenvalue weighted by Crippen LogP contribution is 2.28. The van der Waals surface area contributed by atoms with Crippen LogP contribution in [0.1, 0.15) is 45.5 Å². The number of nitrogen functional groups attached to an aromatic ring is 1. The van der Waals surface area contributed by atoms with Gasteiger partial charge in [0.05, 0.1) is 23.1 Å². The molecule has 1 aromatic carbocycles. The van der Waals surface area contributed by atoms with Crippen molar-refractivity contribution < 1.29 is 14.3 Å². The van der Waals surface area contributed by atoms with Crippen LogP contribution in [-0.4, -0.2) is 46.2 Å². The zero-order chi connectivity index (χ0) is 24.2. The lowest BCUT2D eigenvalue weighted by atomic mass is 10.1. The lowest BCUT2D eigenvalue weighted by Crippen LogP contribution is -2.30. The number of benzene rings is 1. The third kappa shape index (κ3) is 5.08. The standard InChI is InChI=1S/C24H26N6O3S/c1-14(2)26-22(31)18-9-16(11-30-21(18)28-24(25)29-30)17-10-20(34-13-17)23(32)27-19(12-33-3)15-7-5-4-6-8-15/h4-11,13-14,19H,12H2,1-3H3,(H2,25,29)(H,26,31)(H,27,32). The maximum atomic E-state index is 13.0. The number of nitrogens with one attached hydrogen (secondary N) is 2. The Morgan fingerprint density at radius 1 is 1.12 bits per heavy atom. The van der Waals surface area contributed by atoms with E-state index in [1.165, 1.54) is 15.9 Å². The highest BCUT2D eigenvalue weighted by atomic mass is 32.1.